The van der Waals surface area contributed by atoms with Crippen molar-refractivity contribution >= 4 is 22.4 Å². The van der Waals surface area contributed by atoms with Crippen LogP contribution in [0.2, 0.25) is 0 Å². The number of nitrogens with zero attached hydrogens (tertiary/aromatic N) is 1. The number of carbonyl (C=O) groups excluding carboxylic acids is 1. The number of aryl methyl sites for hydroxylation is 2. The highest BCUT2D eigenvalue weighted by Gasteiger charge is 2.17. The van der Waals surface area contributed by atoms with Gasteiger partial charge in [-0.05, 0) is 26.0 Å². The quantitative estimate of drug-likeness (QED) is 0.709. The Balaban J connectivity index is 1.84. The summed E-state index contributed by atoms with van der Waals surface area (Å²) in [4.78, 5) is 18.3. The van der Waals surface area contributed by atoms with Gasteiger partial charge < -0.3 is 9.47 Å². The van der Waals surface area contributed by atoms with Crippen LogP contribution in [0.1, 0.15) is 20.8 Å². The highest BCUT2D eigenvalue weighted by Crippen LogP contribution is 2.31. The third-order valence-electron chi connectivity index (χ3n) is 4.00. The van der Waals surface area contributed by atoms with E-state index >= 15 is 0 Å². The van der Waals surface area contributed by atoms with E-state index in [1.54, 1.807) is 25.3 Å². The van der Waals surface area contributed by atoms with Crippen molar-refractivity contribution in [3.63, 3.8) is 0 Å². The van der Waals surface area contributed by atoms with E-state index in [2.05, 4.69) is 22.4 Å². The molecule has 0 bridgehead atoms. The van der Waals surface area contributed by atoms with Gasteiger partial charge >= 0.3 is 0 Å². The fourth-order valence-corrected chi connectivity index (χ4v) is 3.41. The number of ether oxygens (including phenoxy) is 2. The predicted octanol–water partition coefficient (Wildman–Crippen LogP) is 4.70. The third-order valence-corrected chi connectivity index (χ3v) is 4.88. The maximum Gasteiger partial charge on any atom is 0.261 e. The van der Waals surface area contributed by atoms with Crippen molar-refractivity contribution in [1.29, 1.82) is 0 Å². The second-order valence-corrected chi connectivity index (χ2v) is 7.01. The number of amides is 1. The summed E-state index contributed by atoms with van der Waals surface area (Å²) >= 11 is 1.45. The SMILES string of the molecule is COc1ccc(C(=O)Nc2nc(-c3ccc(C)cc3)c(C)s2)c(OC)c1. The number of carbonyl (C=O) groups is 1. The Kier molecular flexibility index (Phi) is 5.23. The van der Waals surface area contributed by atoms with Gasteiger partial charge in [0.05, 0.1) is 25.5 Å². The molecule has 1 aromatic heterocycles. The maximum atomic E-state index is 12.6. The molecule has 1 amide bonds. The van der Waals surface area contributed by atoms with Crippen molar-refractivity contribution in [2.45, 2.75) is 13.8 Å². The van der Waals surface area contributed by atoms with Gasteiger partial charge in [0.2, 0.25) is 0 Å². The number of methoxy groups -OCH3 is 2. The van der Waals surface area contributed by atoms with E-state index in [9.17, 15) is 4.79 Å². The molecule has 0 aliphatic rings. The van der Waals surface area contributed by atoms with E-state index in [-0.39, 0.29) is 5.91 Å². The first-order valence-corrected chi connectivity index (χ1v) is 8.91. The van der Waals surface area contributed by atoms with Gasteiger partial charge in [-0.25, -0.2) is 4.98 Å². The molecule has 1 N–H and O–H groups in total. The summed E-state index contributed by atoms with van der Waals surface area (Å²) < 4.78 is 10.5. The number of anilines is 1. The molecule has 0 unspecified atom stereocenters. The van der Waals surface area contributed by atoms with Crippen molar-refractivity contribution in [3.05, 3.63) is 58.5 Å². The number of hydrogen-bond donors (Lipinski definition) is 1. The smallest absolute Gasteiger partial charge is 0.261 e. The van der Waals surface area contributed by atoms with Crippen molar-refractivity contribution in [2.24, 2.45) is 0 Å². The van der Waals surface area contributed by atoms with Crippen LogP contribution in [0, 0.1) is 13.8 Å². The highest BCUT2D eigenvalue weighted by atomic mass is 32.1. The first-order chi connectivity index (χ1) is 12.5. The van der Waals surface area contributed by atoms with E-state index in [1.165, 1.54) is 24.0 Å². The van der Waals surface area contributed by atoms with Crippen LogP contribution in [0.25, 0.3) is 11.3 Å². The summed E-state index contributed by atoms with van der Waals surface area (Å²) in [7, 11) is 3.09. The van der Waals surface area contributed by atoms with Crippen LogP contribution >= 0.6 is 11.3 Å². The summed E-state index contributed by atoms with van der Waals surface area (Å²) in [5.41, 5.74) is 3.54. The van der Waals surface area contributed by atoms with Gasteiger partial charge in [-0.15, -0.1) is 11.3 Å². The molecule has 1 heterocycles. The zero-order valence-electron chi connectivity index (χ0n) is 15.1. The first-order valence-electron chi connectivity index (χ1n) is 8.09. The normalized spacial score (nSPS) is 10.5. The molecule has 5 nitrogen and oxygen atoms in total. The molecule has 26 heavy (non-hydrogen) atoms. The minimum Gasteiger partial charge on any atom is -0.497 e. The molecule has 3 aromatic rings. The Bertz CT molecular complexity index is 933. The van der Waals surface area contributed by atoms with E-state index in [4.69, 9.17) is 9.47 Å². The van der Waals surface area contributed by atoms with Crippen molar-refractivity contribution in [1.82, 2.24) is 4.98 Å². The van der Waals surface area contributed by atoms with Crippen LogP contribution in [-0.2, 0) is 0 Å². The number of rotatable bonds is 5. The summed E-state index contributed by atoms with van der Waals surface area (Å²) in [6, 6.07) is 13.3. The maximum absolute atomic E-state index is 12.6. The molecule has 0 aliphatic heterocycles. The van der Waals surface area contributed by atoms with E-state index in [0.717, 1.165) is 16.1 Å². The second kappa shape index (κ2) is 7.58. The molecule has 0 saturated carbocycles. The van der Waals surface area contributed by atoms with Gasteiger partial charge in [0, 0.05) is 16.5 Å². The standard InChI is InChI=1S/C20H20N2O3S/c1-12-5-7-14(8-6-12)18-13(2)26-20(21-18)22-19(23)16-10-9-15(24-3)11-17(16)25-4/h5-11H,1-4H3,(H,21,22,23). The third kappa shape index (κ3) is 3.70. The minimum atomic E-state index is -0.270. The number of hydrogen-bond acceptors (Lipinski definition) is 5. The molecule has 134 valence electrons. The number of benzene rings is 2. The van der Waals surface area contributed by atoms with Crippen molar-refractivity contribution in [2.75, 3.05) is 19.5 Å². The molecule has 2 aromatic carbocycles. The Labute approximate surface area is 156 Å². The lowest BCUT2D eigenvalue weighted by molar-refractivity contribution is 0.102. The zero-order valence-corrected chi connectivity index (χ0v) is 15.9. The van der Waals surface area contributed by atoms with Crippen LogP contribution in [-0.4, -0.2) is 25.1 Å². The lowest BCUT2D eigenvalue weighted by Crippen LogP contribution is -2.13. The summed E-state index contributed by atoms with van der Waals surface area (Å²) in [6.07, 6.45) is 0. The van der Waals surface area contributed by atoms with Crippen LogP contribution in [0.5, 0.6) is 11.5 Å². The highest BCUT2D eigenvalue weighted by molar-refractivity contribution is 7.16. The van der Waals surface area contributed by atoms with Gasteiger partial charge in [-0.3, -0.25) is 10.1 Å². The van der Waals surface area contributed by atoms with Crippen LogP contribution in [0.4, 0.5) is 5.13 Å². The fourth-order valence-electron chi connectivity index (χ4n) is 2.58. The van der Waals surface area contributed by atoms with Crippen molar-refractivity contribution in [3.8, 4) is 22.8 Å². The lowest BCUT2D eigenvalue weighted by atomic mass is 10.1. The Morgan fingerprint density at radius 3 is 2.42 bits per heavy atom. The molecule has 0 fully saturated rings. The molecule has 0 spiro atoms. The van der Waals surface area contributed by atoms with Crippen LogP contribution in [0.3, 0.4) is 0 Å². The zero-order chi connectivity index (χ0) is 18.7. The Hall–Kier alpha value is -2.86. The Morgan fingerprint density at radius 1 is 1.04 bits per heavy atom. The first kappa shape index (κ1) is 17.9. The predicted molar refractivity (Wildman–Crippen MR) is 105 cm³/mol. The summed E-state index contributed by atoms with van der Waals surface area (Å²) in [5, 5.41) is 3.42. The van der Waals surface area contributed by atoms with Crippen LogP contribution in [0.15, 0.2) is 42.5 Å². The lowest BCUT2D eigenvalue weighted by Gasteiger charge is -2.09. The molecule has 0 aliphatic carbocycles. The molecule has 6 heteroatoms. The van der Waals surface area contributed by atoms with E-state index < -0.39 is 0 Å². The average molecular weight is 368 g/mol. The number of nitrogens with one attached hydrogen (secondary N) is 1. The number of aromatic nitrogens is 1. The van der Waals surface area contributed by atoms with Gasteiger partial charge in [0.15, 0.2) is 5.13 Å². The largest absolute Gasteiger partial charge is 0.497 e. The monoisotopic (exact) mass is 368 g/mol. The van der Waals surface area contributed by atoms with Crippen LogP contribution < -0.4 is 14.8 Å². The average Bonchev–Trinajstić information content (AvgIpc) is 3.01. The topological polar surface area (TPSA) is 60.5 Å². The second-order valence-electron chi connectivity index (χ2n) is 5.81. The molecule has 0 saturated heterocycles. The summed E-state index contributed by atoms with van der Waals surface area (Å²) in [6.45, 7) is 4.04. The molecular weight excluding hydrogens is 348 g/mol. The Morgan fingerprint density at radius 2 is 1.77 bits per heavy atom. The van der Waals surface area contributed by atoms with Gasteiger partial charge in [-0.1, -0.05) is 29.8 Å². The van der Waals surface area contributed by atoms with Crippen molar-refractivity contribution < 1.29 is 14.3 Å². The fraction of sp³-hybridized carbons (Fsp3) is 0.200. The van der Waals surface area contributed by atoms with Gasteiger partial charge in [0.25, 0.3) is 5.91 Å². The molecule has 0 atom stereocenters. The number of thiazole rings is 1. The summed E-state index contributed by atoms with van der Waals surface area (Å²) in [5.74, 6) is 0.813. The van der Waals surface area contributed by atoms with Gasteiger partial charge in [-0.2, -0.15) is 0 Å². The van der Waals surface area contributed by atoms with E-state index in [0.29, 0.717) is 22.2 Å². The molecular formula is C20H20N2O3S. The minimum absolute atomic E-state index is 0.270. The molecule has 3 rings (SSSR count). The molecule has 0 radical (unpaired) electrons. The van der Waals surface area contributed by atoms with Gasteiger partial charge in [0.1, 0.15) is 11.5 Å². The van der Waals surface area contributed by atoms with E-state index in [1.807, 2.05) is 26.0 Å².